The van der Waals surface area contributed by atoms with Crippen LogP contribution in [-0.4, -0.2) is 13.0 Å². The summed E-state index contributed by atoms with van der Waals surface area (Å²) < 4.78 is 11.3. The highest BCUT2D eigenvalue weighted by molar-refractivity contribution is 6.10. The molecular formula is C27H23NO4. The van der Waals surface area contributed by atoms with Crippen LogP contribution in [0, 0.1) is 0 Å². The second-order valence-electron chi connectivity index (χ2n) is 8.27. The van der Waals surface area contributed by atoms with E-state index in [1.54, 1.807) is 48.4 Å². The molecule has 0 fully saturated rings. The fourth-order valence-electron chi connectivity index (χ4n) is 4.31. The summed E-state index contributed by atoms with van der Waals surface area (Å²) in [4.78, 5) is 28.7. The summed E-state index contributed by atoms with van der Waals surface area (Å²) in [5.74, 6) is 0.845. The lowest BCUT2D eigenvalue weighted by atomic mass is 9.95. The molecule has 2 heterocycles. The Labute approximate surface area is 185 Å². The van der Waals surface area contributed by atoms with Crippen LogP contribution in [0.3, 0.4) is 0 Å². The minimum atomic E-state index is -0.576. The number of anilines is 1. The van der Waals surface area contributed by atoms with Gasteiger partial charge in [-0.05, 0) is 53.4 Å². The van der Waals surface area contributed by atoms with E-state index in [2.05, 4.69) is 26.0 Å². The second-order valence-corrected chi connectivity index (χ2v) is 8.27. The highest BCUT2D eigenvalue weighted by atomic mass is 16.5. The number of carbonyl (C=O) groups excluding carboxylic acids is 1. The summed E-state index contributed by atoms with van der Waals surface area (Å²) >= 11 is 0. The zero-order chi connectivity index (χ0) is 22.4. The van der Waals surface area contributed by atoms with Crippen molar-refractivity contribution in [1.29, 1.82) is 0 Å². The van der Waals surface area contributed by atoms with Crippen LogP contribution in [-0.2, 0) is 0 Å². The van der Waals surface area contributed by atoms with Crippen LogP contribution in [0.5, 0.6) is 5.75 Å². The lowest BCUT2D eigenvalue weighted by Crippen LogP contribution is -2.29. The third-order valence-corrected chi connectivity index (χ3v) is 6.05. The first-order valence-corrected chi connectivity index (χ1v) is 10.6. The largest absolute Gasteiger partial charge is 0.497 e. The number of benzene rings is 3. The molecule has 0 saturated carbocycles. The molecule has 0 saturated heterocycles. The summed E-state index contributed by atoms with van der Waals surface area (Å²) in [5.41, 5.74) is 3.34. The Morgan fingerprint density at radius 1 is 0.906 bits per heavy atom. The van der Waals surface area contributed by atoms with Gasteiger partial charge in [0.15, 0.2) is 5.43 Å². The Kier molecular flexibility index (Phi) is 4.82. The number of rotatable bonds is 4. The Morgan fingerprint density at radius 3 is 2.25 bits per heavy atom. The topological polar surface area (TPSA) is 59.8 Å². The van der Waals surface area contributed by atoms with E-state index >= 15 is 0 Å². The molecule has 1 aliphatic rings. The van der Waals surface area contributed by atoms with Crippen LogP contribution in [0.1, 0.15) is 53.1 Å². The maximum atomic E-state index is 13.6. The molecule has 1 atom stereocenters. The molecule has 1 unspecified atom stereocenters. The van der Waals surface area contributed by atoms with Crippen molar-refractivity contribution in [3.05, 3.63) is 105 Å². The molecule has 0 N–H and O–H groups in total. The molecule has 0 bridgehead atoms. The number of para-hydroxylation sites is 1. The average molecular weight is 425 g/mol. The summed E-state index contributed by atoms with van der Waals surface area (Å²) in [6.45, 7) is 4.27. The van der Waals surface area contributed by atoms with Crippen LogP contribution < -0.4 is 15.1 Å². The van der Waals surface area contributed by atoms with Crippen LogP contribution in [0.4, 0.5) is 5.69 Å². The Balaban J connectivity index is 1.75. The van der Waals surface area contributed by atoms with Gasteiger partial charge in [0.1, 0.15) is 11.3 Å². The summed E-state index contributed by atoms with van der Waals surface area (Å²) in [6, 6.07) is 21.8. The lowest BCUT2D eigenvalue weighted by molar-refractivity contribution is 0.0971. The van der Waals surface area contributed by atoms with Gasteiger partial charge in [-0.2, -0.15) is 0 Å². The standard InChI is InChI=1S/C27H23NO4/c1-16(2)17-8-10-18(11-9-17)24-23-25(29)21-6-4-5-7-22(21)32-26(23)27(30)28(24)19-12-14-20(31-3)15-13-19/h4-16,24H,1-3H3. The van der Waals surface area contributed by atoms with Gasteiger partial charge < -0.3 is 9.15 Å². The van der Waals surface area contributed by atoms with Crippen molar-refractivity contribution >= 4 is 22.6 Å². The van der Waals surface area contributed by atoms with Gasteiger partial charge in [0, 0.05) is 5.69 Å². The molecule has 1 aliphatic heterocycles. The van der Waals surface area contributed by atoms with Crippen molar-refractivity contribution in [1.82, 2.24) is 0 Å². The first-order chi connectivity index (χ1) is 15.5. The maximum absolute atomic E-state index is 13.6. The smallest absolute Gasteiger partial charge is 0.295 e. The molecule has 0 aliphatic carbocycles. The number of nitrogens with zero attached hydrogens (tertiary/aromatic N) is 1. The molecule has 4 aromatic rings. The quantitative estimate of drug-likeness (QED) is 0.422. The Bertz CT molecular complexity index is 1370. The van der Waals surface area contributed by atoms with E-state index in [4.69, 9.17) is 9.15 Å². The number of carbonyl (C=O) groups is 1. The predicted molar refractivity (Wildman–Crippen MR) is 125 cm³/mol. The average Bonchev–Trinajstić information content (AvgIpc) is 3.12. The normalized spacial score (nSPS) is 15.4. The number of ether oxygens (including phenoxy) is 1. The Hall–Kier alpha value is -3.86. The van der Waals surface area contributed by atoms with Crippen LogP contribution in [0.15, 0.2) is 82.0 Å². The highest BCUT2D eigenvalue weighted by Crippen LogP contribution is 2.41. The summed E-state index contributed by atoms with van der Waals surface area (Å²) in [6.07, 6.45) is 0. The predicted octanol–water partition coefficient (Wildman–Crippen LogP) is 5.67. The molecule has 0 radical (unpaired) electrons. The number of hydrogen-bond donors (Lipinski definition) is 0. The molecule has 32 heavy (non-hydrogen) atoms. The van der Waals surface area contributed by atoms with Gasteiger partial charge in [0.25, 0.3) is 5.91 Å². The third-order valence-electron chi connectivity index (χ3n) is 6.05. The van der Waals surface area contributed by atoms with Gasteiger partial charge in [-0.3, -0.25) is 14.5 Å². The van der Waals surface area contributed by atoms with E-state index in [0.717, 1.165) is 5.56 Å². The summed E-state index contributed by atoms with van der Waals surface area (Å²) in [7, 11) is 1.60. The molecular weight excluding hydrogens is 402 g/mol. The van der Waals surface area contributed by atoms with Crippen LogP contribution >= 0.6 is 0 Å². The number of fused-ring (bicyclic) bond motifs is 2. The van der Waals surface area contributed by atoms with Gasteiger partial charge in [-0.25, -0.2) is 0 Å². The molecule has 3 aromatic carbocycles. The minimum Gasteiger partial charge on any atom is -0.497 e. The van der Waals surface area contributed by atoms with Crippen molar-refractivity contribution in [3.63, 3.8) is 0 Å². The second kappa shape index (κ2) is 7.68. The fraction of sp³-hybridized carbons (Fsp3) is 0.185. The van der Waals surface area contributed by atoms with Crippen molar-refractivity contribution in [2.75, 3.05) is 12.0 Å². The third kappa shape index (κ3) is 3.09. The monoisotopic (exact) mass is 425 g/mol. The van der Waals surface area contributed by atoms with E-state index in [1.165, 1.54) is 5.56 Å². The van der Waals surface area contributed by atoms with E-state index in [9.17, 15) is 9.59 Å². The van der Waals surface area contributed by atoms with Gasteiger partial charge >= 0.3 is 0 Å². The molecule has 1 amide bonds. The van der Waals surface area contributed by atoms with Crippen LogP contribution in [0.25, 0.3) is 11.0 Å². The van der Waals surface area contributed by atoms with Gasteiger partial charge in [-0.1, -0.05) is 50.2 Å². The number of methoxy groups -OCH3 is 1. The zero-order valence-electron chi connectivity index (χ0n) is 18.2. The van der Waals surface area contributed by atoms with E-state index in [1.807, 2.05) is 24.3 Å². The van der Waals surface area contributed by atoms with Gasteiger partial charge in [0.05, 0.1) is 24.1 Å². The van der Waals surface area contributed by atoms with Crippen molar-refractivity contribution in [3.8, 4) is 5.75 Å². The van der Waals surface area contributed by atoms with Gasteiger partial charge in [-0.15, -0.1) is 0 Å². The number of amides is 1. The molecule has 1 aromatic heterocycles. The van der Waals surface area contributed by atoms with E-state index in [-0.39, 0.29) is 17.1 Å². The SMILES string of the molecule is COc1ccc(N2C(=O)c3oc4ccccc4c(=O)c3C2c2ccc(C(C)C)cc2)cc1. The van der Waals surface area contributed by atoms with Crippen molar-refractivity contribution < 1.29 is 13.9 Å². The molecule has 5 nitrogen and oxygen atoms in total. The fourth-order valence-corrected chi connectivity index (χ4v) is 4.31. The highest BCUT2D eigenvalue weighted by Gasteiger charge is 2.43. The van der Waals surface area contributed by atoms with Crippen molar-refractivity contribution in [2.45, 2.75) is 25.8 Å². The molecule has 160 valence electrons. The first kappa shape index (κ1) is 20.1. The minimum absolute atomic E-state index is 0.0995. The Morgan fingerprint density at radius 2 is 1.59 bits per heavy atom. The molecule has 0 spiro atoms. The number of hydrogen-bond acceptors (Lipinski definition) is 4. The first-order valence-electron chi connectivity index (χ1n) is 10.6. The van der Waals surface area contributed by atoms with E-state index in [0.29, 0.717) is 33.9 Å². The van der Waals surface area contributed by atoms with E-state index < -0.39 is 6.04 Å². The van der Waals surface area contributed by atoms with Crippen molar-refractivity contribution in [2.24, 2.45) is 0 Å². The lowest BCUT2D eigenvalue weighted by Gasteiger charge is -2.25. The summed E-state index contributed by atoms with van der Waals surface area (Å²) in [5, 5.41) is 0.472. The molecule has 5 heteroatoms. The zero-order valence-corrected chi connectivity index (χ0v) is 18.2. The maximum Gasteiger partial charge on any atom is 0.295 e. The molecule has 5 rings (SSSR count). The van der Waals surface area contributed by atoms with Crippen LogP contribution in [0.2, 0.25) is 0 Å². The van der Waals surface area contributed by atoms with Gasteiger partial charge in [0.2, 0.25) is 5.76 Å².